The molecule has 0 bridgehead atoms. The number of hydrogen-bond acceptors (Lipinski definition) is 3. The second-order valence-electron chi connectivity index (χ2n) is 4.05. The van der Waals surface area contributed by atoms with Gasteiger partial charge < -0.3 is 9.51 Å². The normalized spacial score (nSPS) is 11.3. The van der Waals surface area contributed by atoms with E-state index in [4.69, 9.17) is 4.52 Å². The molecule has 0 aliphatic rings. The molecule has 0 saturated carbocycles. The molecule has 0 unspecified atom stereocenters. The van der Waals surface area contributed by atoms with Crippen LogP contribution in [0, 0.1) is 19.7 Å². The molecule has 18 heavy (non-hydrogen) atoms. The number of nitrogens with zero attached hydrogens (tertiary/aromatic N) is 2. The highest BCUT2D eigenvalue weighted by atomic mass is 79.9. The third-order valence-corrected chi connectivity index (χ3v) is 3.50. The van der Waals surface area contributed by atoms with Gasteiger partial charge in [0.25, 0.3) is 0 Å². The Labute approximate surface area is 110 Å². The second-order valence-corrected chi connectivity index (χ2v) is 4.91. The van der Waals surface area contributed by atoms with E-state index in [0.29, 0.717) is 28.1 Å². The van der Waals surface area contributed by atoms with Crippen molar-refractivity contribution in [2.24, 2.45) is 0 Å². The Morgan fingerprint density at radius 3 is 2.83 bits per heavy atom. The highest BCUT2D eigenvalue weighted by molar-refractivity contribution is 9.10. The Bertz CT molecular complexity index is 728. The summed E-state index contributed by atoms with van der Waals surface area (Å²) in [6, 6.07) is 1.45. The molecule has 0 spiro atoms. The van der Waals surface area contributed by atoms with Gasteiger partial charge in [0, 0.05) is 16.1 Å². The van der Waals surface area contributed by atoms with Crippen LogP contribution in [0.25, 0.3) is 22.3 Å². The minimum absolute atomic E-state index is 0.258. The van der Waals surface area contributed by atoms with Crippen LogP contribution in [0.2, 0.25) is 0 Å². The van der Waals surface area contributed by atoms with Crippen molar-refractivity contribution in [2.75, 3.05) is 0 Å². The summed E-state index contributed by atoms with van der Waals surface area (Å²) >= 11 is 3.33. The first kappa shape index (κ1) is 11.4. The van der Waals surface area contributed by atoms with E-state index < -0.39 is 5.82 Å². The van der Waals surface area contributed by atoms with Gasteiger partial charge in [-0.3, -0.25) is 0 Å². The number of aryl methyl sites for hydroxylation is 2. The van der Waals surface area contributed by atoms with E-state index in [1.54, 1.807) is 20.0 Å². The summed E-state index contributed by atoms with van der Waals surface area (Å²) in [5.41, 5.74) is 2.12. The fourth-order valence-electron chi connectivity index (χ4n) is 1.99. The van der Waals surface area contributed by atoms with Crippen molar-refractivity contribution in [1.82, 2.24) is 15.1 Å². The van der Waals surface area contributed by atoms with Crippen molar-refractivity contribution in [1.29, 1.82) is 0 Å². The Hall–Kier alpha value is -1.69. The maximum atomic E-state index is 14.1. The molecule has 0 atom stereocenters. The molecule has 3 aromatic heterocycles. The Morgan fingerprint density at radius 2 is 2.17 bits per heavy atom. The third kappa shape index (κ3) is 1.56. The molecule has 0 saturated heterocycles. The number of aromatic nitrogens is 3. The molecular weight excluding hydrogens is 301 g/mol. The van der Waals surface area contributed by atoms with E-state index in [0.717, 1.165) is 4.47 Å². The van der Waals surface area contributed by atoms with Crippen molar-refractivity contribution in [3.05, 3.63) is 34.0 Å². The first-order chi connectivity index (χ1) is 8.58. The number of rotatable bonds is 1. The van der Waals surface area contributed by atoms with Crippen molar-refractivity contribution < 1.29 is 8.91 Å². The summed E-state index contributed by atoms with van der Waals surface area (Å²) in [7, 11) is 0. The van der Waals surface area contributed by atoms with Crippen LogP contribution in [-0.4, -0.2) is 15.1 Å². The van der Waals surface area contributed by atoms with E-state index in [1.165, 1.54) is 6.07 Å². The summed E-state index contributed by atoms with van der Waals surface area (Å²) in [6.45, 7) is 3.51. The lowest BCUT2D eigenvalue weighted by Gasteiger charge is -2.02. The lowest BCUT2D eigenvalue weighted by molar-refractivity contribution is 0.393. The van der Waals surface area contributed by atoms with E-state index in [9.17, 15) is 4.39 Å². The minimum Gasteiger partial charge on any atom is -0.361 e. The molecule has 92 valence electrons. The molecule has 0 aromatic carbocycles. The zero-order valence-corrected chi connectivity index (χ0v) is 11.3. The molecule has 3 rings (SSSR count). The Kier molecular flexibility index (Phi) is 2.48. The number of aromatic amines is 1. The van der Waals surface area contributed by atoms with Gasteiger partial charge in [-0.1, -0.05) is 5.16 Å². The monoisotopic (exact) mass is 309 g/mol. The minimum atomic E-state index is -0.391. The van der Waals surface area contributed by atoms with Crippen LogP contribution in [0.3, 0.4) is 0 Å². The Balaban J connectivity index is 2.33. The molecule has 6 heteroatoms. The fourth-order valence-corrected chi connectivity index (χ4v) is 2.40. The number of fused-ring (bicyclic) bond motifs is 1. The van der Waals surface area contributed by atoms with Gasteiger partial charge in [-0.15, -0.1) is 0 Å². The molecule has 3 aromatic rings. The second kappa shape index (κ2) is 3.91. The summed E-state index contributed by atoms with van der Waals surface area (Å²) < 4.78 is 20.0. The number of H-pyrrole nitrogens is 1. The maximum absolute atomic E-state index is 14.1. The van der Waals surface area contributed by atoms with Gasteiger partial charge in [0.2, 0.25) is 0 Å². The lowest BCUT2D eigenvalue weighted by Crippen LogP contribution is -1.92. The van der Waals surface area contributed by atoms with Crippen LogP contribution < -0.4 is 0 Å². The van der Waals surface area contributed by atoms with E-state index in [-0.39, 0.29) is 5.69 Å². The zero-order chi connectivity index (χ0) is 12.9. The summed E-state index contributed by atoms with van der Waals surface area (Å²) in [5.74, 6) is 0.168. The predicted octanol–water partition coefficient (Wildman–Crippen LogP) is 3.74. The van der Waals surface area contributed by atoms with Crippen LogP contribution in [0.15, 0.2) is 21.3 Å². The molecule has 1 N–H and O–H groups in total. The van der Waals surface area contributed by atoms with Gasteiger partial charge in [0.15, 0.2) is 0 Å². The van der Waals surface area contributed by atoms with Crippen molar-refractivity contribution in [3.63, 3.8) is 0 Å². The number of hydrogen-bond donors (Lipinski definition) is 1. The number of nitrogens with one attached hydrogen (secondary N) is 1. The number of pyridine rings is 1. The first-order valence-electron chi connectivity index (χ1n) is 5.34. The summed E-state index contributed by atoms with van der Waals surface area (Å²) in [5, 5.41) is 4.53. The van der Waals surface area contributed by atoms with E-state index in [2.05, 4.69) is 31.1 Å². The van der Waals surface area contributed by atoms with Crippen LogP contribution in [0.4, 0.5) is 4.39 Å². The van der Waals surface area contributed by atoms with Crippen LogP contribution in [0.5, 0.6) is 0 Å². The average Bonchev–Trinajstić information content (AvgIpc) is 2.84. The molecular formula is C12H9BrFN3O. The first-order valence-corrected chi connectivity index (χ1v) is 6.13. The fraction of sp³-hybridized carbons (Fsp3) is 0.167. The highest BCUT2D eigenvalue weighted by Crippen LogP contribution is 2.31. The topological polar surface area (TPSA) is 54.7 Å². The van der Waals surface area contributed by atoms with Gasteiger partial charge in [-0.25, -0.2) is 9.37 Å². The van der Waals surface area contributed by atoms with Gasteiger partial charge in [-0.2, -0.15) is 0 Å². The van der Waals surface area contributed by atoms with Crippen molar-refractivity contribution in [2.45, 2.75) is 13.8 Å². The van der Waals surface area contributed by atoms with Crippen LogP contribution in [-0.2, 0) is 0 Å². The molecule has 0 amide bonds. The zero-order valence-electron chi connectivity index (χ0n) is 9.71. The predicted molar refractivity (Wildman–Crippen MR) is 68.7 cm³/mol. The molecule has 0 aliphatic heterocycles. The van der Waals surface area contributed by atoms with E-state index >= 15 is 0 Å². The third-order valence-electron chi connectivity index (χ3n) is 2.84. The van der Waals surface area contributed by atoms with Gasteiger partial charge in [-0.05, 0) is 35.8 Å². The number of halogens is 2. The SMILES string of the molecule is Cc1noc(C)c1-c1nc2[nH]cc(Br)c2cc1F. The molecule has 3 heterocycles. The van der Waals surface area contributed by atoms with Gasteiger partial charge in [0.05, 0.1) is 11.3 Å². The Morgan fingerprint density at radius 1 is 1.39 bits per heavy atom. The quantitative estimate of drug-likeness (QED) is 0.745. The standard InChI is InChI=1S/C12H9BrFN3O/c1-5-10(6(2)18-17-5)11-9(14)3-7-8(13)4-15-12(7)16-11/h3-4H,1-2H3,(H,15,16). The van der Waals surface area contributed by atoms with Gasteiger partial charge >= 0.3 is 0 Å². The lowest BCUT2D eigenvalue weighted by atomic mass is 10.1. The molecule has 0 fully saturated rings. The smallest absolute Gasteiger partial charge is 0.150 e. The highest BCUT2D eigenvalue weighted by Gasteiger charge is 2.18. The molecule has 0 radical (unpaired) electrons. The van der Waals surface area contributed by atoms with Crippen molar-refractivity contribution in [3.8, 4) is 11.3 Å². The summed E-state index contributed by atoms with van der Waals surface area (Å²) in [4.78, 5) is 7.28. The summed E-state index contributed by atoms with van der Waals surface area (Å²) in [6.07, 6.45) is 1.73. The molecule has 4 nitrogen and oxygen atoms in total. The van der Waals surface area contributed by atoms with E-state index in [1.807, 2.05) is 0 Å². The largest absolute Gasteiger partial charge is 0.361 e. The maximum Gasteiger partial charge on any atom is 0.150 e. The van der Waals surface area contributed by atoms with Crippen LogP contribution in [0.1, 0.15) is 11.5 Å². The van der Waals surface area contributed by atoms with Crippen molar-refractivity contribution >= 4 is 27.0 Å². The average molecular weight is 310 g/mol. The van der Waals surface area contributed by atoms with Crippen LogP contribution >= 0.6 is 15.9 Å². The van der Waals surface area contributed by atoms with Gasteiger partial charge in [0.1, 0.15) is 22.9 Å². The molecule has 0 aliphatic carbocycles.